The lowest BCUT2D eigenvalue weighted by Crippen LogP contribution is -2.28. The molecule has 2 heterocycles. The quantitative estimate of drug-likeness (QED) is 0.262. The maximum Gasteiger partial charge on any atom is 0.348 e. The van der Waals surface area contributed by atoms with Crippen molar-refractivity contribution in [3.05, 3.63) is 87.3 Å². The number of carbonyl (C=O) groups excluding carboxylic acids is 3. The van der Waals surface area contributed by atoms with Gasteiger partial charge in [0, 0.05) is 5.69 Å². The van der Waals surface area contributed by atoms with E-state index in [-0.39, 0.29) is 30.0 Å². The highest BCUT2D eigenvalue weighted by Crippen LogP contribution is 2.27. The number of aryl methyl sites for hydroxylation is 1. The highest BCUT2D eigenvalue weighted by molar-refractivity contribution is 7.20. The zero-order valence-electron chi connectivity index (χ0n) is 20.1. The number of carbonyl (C=O) groups is 3. The third kappa shape index (κ3) is 6.01. The van der Waals surface area contributed by atoms with Crippen LogP contribution in [0.15, 0.2) is 65.7 Å². The Balaban J connectivity index is 1.40. The molecule has 0 radical (unpaired) electrons. The zero-order chi connectivity index (χ0) is 26.4. The number of para-hydroxylation sites is 1. The number of hydrogen-bond acceptors (Lipinski definition) is 9. The Morgan fingerprint density at radius 3 is 2.43 bits per heavy atom. The van der Waals surface area contributed by atoms with Gasteiger partial charge in [-0.2, -0.15) is 0 Å². The molecule has 11 heteroatoms. The van der Waals surface area contributed by atoms with Gasteiger partial charge in [0.25, 0.3) is 5.56 Å². The van der Waals surface area contributed by atoms with Crippen molar-refractivity contribution in [1.29, 1.82) is 0 Å². The van der Waals surface area contributed by atoms with Crippen LogP contribution in [0.5, 0.6) is 5.75 Å². The van der Waals surface area contributed by atoms with Crippen LogP contribution in [0.3, 0.4) is 0 Å². The Hall–Kier alpha value is -4.51. The molecule has 1 N–H and O–H groups in total. The average Bonchev–Trinajstić information content (AvgIpc) is 3.25. The van der Waals surface area contributed by atoms with Crippen molar-refractivity contribution in [2.75, 3.05) is 25.6 Å². The number of fused-ring (bicyclic) bond motifs is 1. The molecule has 0 atom stereocenters. The summed E-state index contributed by atoms with van der Waals surface area (Å²) in [5.41, 5.74) is 0.797. The molecular weight excluding hydrogens is 498 g/mol. The molecule has 2 aromatic heterocycles. The Labute approximate surface area is 215 Å². The standard InChI is InChI=1S/C26H23N3O7S/c1-16-21-23(37-22(16)26(33)36-13-12-35-19-6-4-3-5-7-19)27-15-29(24(21)31)14-20(30)28-18-10-8-17(9-11-18)25(32)34-2/h3-11,15H,12-14H2,1-2H3,(H,28,30). The number of methoxy groups -OCH3 is 1. The SMILES string of the molecule is COC(=O)c1ccc(NC(=O)Cn2cnc3sc(C(=O)OCCOc4ccccc4)c(C)c3c2=O)cc1. The van der Waals surface area contributed by atoms with E-state index in [0.717, 1.165) is 11.3 Å². The van der Waals surface area contributed by atoms with Crippen molar-refractivity contribution in [3.63, 3.8) is 0 Å². The van der Waals surface area contributed by atoms with Crippen LogP contribution in [0.1, 0.15) is 25.6 Å². The molecule has 0 spiro atoms. The lowest BCUT2D eigenvalue weighted by atomic mass is 10.2. The zero-order valence-corrected chi connectivity index (χ0v) is 20.9. The molecule has 0 saturated heterocycles. The van der Waals surface area contributed by atoms with Gasteiger partial charge in [0.1, 0.15) is 35.2 Å². The fraction of sp³-hybridized carbons (Fsp3) is 0.192. The number of nitrogens with zero attached hydrogens (tertiary/aromatic N) is 2. The van der Waals surface area contributed by atoms with E-state index in [9.17, 15) is 19.2 Å². The highest BCUT2D eigenvalue weighted by atomic mass is 32.1. The van der Waals surface area contributed by atoms with Gasteiger partial charge in [0.05, 0.1) is 24.4 Å². The minimum Gasteiger partial charge on any atom is -0.490 e. The number of thiophene rings is 1. The van der Waals surface area contributed by atoms with Crippen molar-refractivity contribution >= 4 is 45.1 Å². The molecule has 0 unspecified atom stereocenters. The number of hydrogen-bond donors (Lipinski definition) is 1. The van der Waals surface area contributed by atoms with Crippen molar-refractivity contribution in [1.82, 2.24) is 9.55 Å². The van der Waals surface area contributed by atoms with Crippen LogP contribution >= 0.6 is 11.3 Å². The Bertz CT molecular complexity index is 1490. The Kier molecular flexibility index (Phi) is 7.94. The fourth-order valence-corrected chi connectivity index (χ4v) is 4.54. The van der Waals surface area contributed by atoms with Crippen LogP contribution in [-0.4, -0.2) is 47.7 Å². The van der Waals surface area contributed by atoms with Crippen molar-refractivity contribution in [2.45, 2.75) is 13.5 Å². The maximum absolute atomic E-state index is 13.1. The molecule has 2 aromatic carbocycles. The number of rotatable bonds is 9. The number of nitrogens with one attached hydrogen (secondary N) is 1. The molecule has 0 aliphatic rings. The van der Waals surface area contributed by atoms with Crippen LogP contribution in [0.4, 0.5) is 5.69 Å². The van der Waals surface area contributed by atoms with E-state index in [2.05, 4.69) is 15.0 Å². The molecule has 190 valence electrons. The number of esters is 2. The molecule has 37 heavy (non-hydrogen) atoms. The summed E-state index contributed by atoms with van der Waals surface area (Å²) in [7, 11) is 1.28. The summed E-state index contributed by atoms with van der Waals surface area (Å²) in [5, 5.41) is 2.93. The predicted octanol–water partition coefficient (Wildman–Crippen LogP) is 3.43. The first kappa shape index (κ1) is 25.6. The molecule has 10 nitrogen and oxygen atoms in total. The van der Waals surface area contributed by atoms with Gasteiger partial charge in [-0.25, -0.2) is 14.6 Å². The summed E-state index contributed by atoms with van der Waals surface area (Å²) in [6, 6.07) is 15.3. The minimum atomic E-state index is -0.573. The molecule has 0 saturated carbocycles. The van der Waals surface area contributed by atoms with Crippen LogP contribution < -0.4 is 15.6 Å². The van der Waals surface area contributed by atoms with Crippen LogP contribution in [-0.2, 0) is 20.8 Å². The molecule has 0 aliphatic heterocycles. The Morgan fingerprint density at radius 2 is 1.73 bits per heavy atom. The van der Waals surface area contributed by atoms with Crippen molar-refractivity contribution in [2.24, 2.45) is 0 Å². The van der Waals surface area contributed by atoms with Gasteiger partial charge in [0.2, 0.25) is 5.91 Å². The summed E-state index contributed by atoms with van der Waals surface area (Å²) in [6.07, 6.45) is 1.27. The van der Waals surface area contributed by atoms with Gasteiger partial charge in [0.15, 0.2) is 0 Å². The molecule has 0 fully saturated rings. The minimum absolute atomic E-state index is 0.0415. The predicted molar refractivity (Wildman–Crippen MR) is 137 cm³/mol. The Morgan fingerprint density at radius 1 is 1.00 bits per heavy atom. The van der Waals surface area contributed by atoms with Gasteiger partial charge < -0.3 is 19.5 Å². The highest BCUT2D eigenvalue weighted by Gasteiger charge is 2.21. The van der Waals surface area contributed by atoms with E-state index in [0.29, 0.717) is 27.4 Å². The van der Waals surface area contributed by atoms with Gasteiger partial charge in [-0.15, -0.1) is 11.3 Å². The first-order chi connectivity index (χ1) is 17.9. The van der Waals surface area contributed by atoms with E-state index in [1.165, 1.54) is 30.1 Å². The van der Waals surface area contributed by atoms with Crippen LogP contribution in [0, 0.1) is 6.92 Å². The molecule has 4 rings (SSSR count). The van der Waals surface area contributed by atoms with E-state index in [4.69, 9.17) is 9.47 Å². The molecule has 4 aromatic rings. The maximum atomic E-state index is 13.1. The smallest absolute Gasteiger partial charge is 0.348 e. The van der Waals surface area contributed by atoms with Gasteiger partial charge in [-0.1, -0.05) is 18.2 Å². The number of aromatic nitrogens is 2. The first-order valence-electron chi connectivity index (χ1n) is 11.2. The third-order valence-electron chi connectivity index (χ3n) is 5.33. The topological polar surface area (TPSA) is 126 Å². The van der Waals surface area contributed by atoms with Crippen LogP contribution in [0.2, 0.25) is 0 Å². The van der Waals surface area contributed by atoms with E-state index >= 15 is 0 Å². The molecular formula is C26H23N3O7S. The summed E-state index contributed by atoms with van der Waals surface area (Å²) < 4.78 is 16.6. The summed E-state index contributed by atoms with van der Waals surface area (Å²) >= 11 is 1.06. The summed E-state index contributed by atoms with van der Waals surface area (Å²) in [6.45, 7) is 1.59. The van der Waals surface area contributed by atoms with E-state index < -0.39 is 23.4 Å². The number of amides is 1. The van der Waals surface area contributed by atoms with E-state index in [1.807, 2.05) is 18.2 Å². The number of ether oxygens (including phenoxy) is 3. The average molecular weight is 522 g/mol. The summed E-state index contributed by atoms with van der Waals surface area (Å²) in [4.78, 5) is 54.6. The molecule has 0 aliphatic carbocycles. The molecule has 1 amide bonds. The van der Waals surface area contributed by atoms with Gasteiger partial charge in [-0.05, 0) is 48.9 Å². The second-order valence-corrected chi connectivity index (χ2v) is 8.83. The monoisotopic (exact) mass is 521 g/mol. The number of anilines is 1. The normalized spacial score (nSPS) is 10.6. The van der Waals surface area contributed by atoms with Crippen LogP contribution in [0.25, 0.3) is 10.2 Å². The first-order valence-corrected chi connectivity index (χ1v) is 12.0. The second-order valence-electron chi connectivity index (χ2n) is 7.83. The number of benzene rings is 2. The van der Waals surface area contributed by atoms with Gasteiger partial charge in [-0.3, -0.25) is 14.2 Å². The van der Waals surface area contributed by atoms with Crippen molar-refractivity contribution < 1.29 is 28.6 Å². The summed E-state index contributed by atoms with van der Waals surface area (Å²) in [5.74, 6) is -0.849. The largest absolute Gasteiger partial charge is 0.490 e. The lowest BCUT2D eigenvalue weighted by Gasteiger charge is -2.08. The molecule has 0 bridgehead atoms. The second kappa shape index (κ2) is 11.5. The fourth-order valence-electron chi connectivity index (χ4n) is 3.51. The van der Waals surface area contributed by atoms with Crippen molar-refractivity contribution in [3.8, 4) is 5.75 Å². The lowest BCUT2D eigenvalue weighted by molar-refractivity contribution is -0.116. The van der Waals surface area contributed by atoms with Gasteiger partial charge >= 0.3 is 11.9 Å². The third-order valence-corrected chi connectivity index (χ3v) is 6.51. The van der Waals surface area contributed by atoms with E-state index in [1.54, 1.807) is 31.2 Å².